The first kappa shape index (κ1) is 12.3. The fourth-order valence-electron chi connectivity index (χ4n) is 1.51. The highest BCUT2D eigenvalue weighted by atomic mass is 16.3. The van der Waals surface area contributed by atoms with Gasteiger partial charge in [0, 0.05) is 19.1 Å². The summed E-state index contributed by atoms with van der Waals surface area (Å²) in [7, 11) is 0. The molecule has 1 aliphatic rings. The summed E-state index contributed by atoms with van der Waals surface area (Å²) in [5, 5.41) is 11.8. The Morgan fingerprint density at radius 2 is 2.20 bits per heavy atom. The van der Waals surface area contributed by atoms with E-state index in [9.17, 15) is 4.79 Å². The van der Waals surface area contributed by atoms with E-state index >= 15 is 0 Å². The standard InChI is InChI=1S/C11H22N2O2/c1-9(2)5-6-12-11(15)13(7-8-14)10-3-4-10/h9-10,14H,3-8H2,1-2H3,(H,12,15). The maximum atomic E-state index is 11.7. The van der Waals surface area contributed by atoms with Gasteiger partial charge < -0.3 is 15.3 Å². The highest BCUT2D eigenvalue weighted by molar-refractivity contribution is 5.74. The molecule has 2 N–H and O–H groups in total. The van der Waals surface area contributed by atoms with E-state index in [2.05, 4.69) is 19.2 Å². The lowest BCUT2D eigenvalue weighted by Gasteiger charge is -2.22. The van der Waals surface area contributed by atoms with Gasteiger partial charge in [0.25, 0.3) is 0 Å². The molecule has 88 valence electrons. The summed E-state index contributed by atoms with van der Waals surface area (Å²) < 4.78 is 0. The average Bonchev–Trinajstić information content (AvgIpc) is 2.96. The first-order valence-corrected chi connectivity index (χ1v) is 5.80. The van der Waals surface area contributed by atoms with Gasteiger partial charge in [-0.05, 0) is 25.2 Å². The number of amides is 2. The number of rotatable bonds is 6. The molecule has 1 saturated carbocycles. The third-order valence-corrected chi connectivity index (χ3v) is 2.59. The highest BCUT2D eigenvalue weighted by Crippen LogP contribution is 2.26. The molecule has 15 heavy (non-hydrogen) atoms. The van der Waals surface area contributed by atoms with Gasteiger partial charge in [-0.1, -0.05) is 13.8 Å². The van der Waals surface area contributed by atoms with E-state index < -0.39 is 0 Å². The van der Waals surface area contributed by atoms with Crippen molar-refractivity contribution in [1.29, 1.82) is 0 Å². The Balaban J connectivity index is 2.23. The minimum Gasteiger partial charge on any atom is -0.395 e. The third-order valence-electron chi connectivity index (χ3n) is 2.59. The van der Waals surface area contributed by atoms with E-state index in [1.54, 1.807) is 4.90 Å². The van der Waals surface area contributed by atoms with Crippen molar-refractivity contribution in [2.24, 2.45) is 5.92 Å². The SMILES string of the molecule is CC(C)CCNC(=O)N(CCO)C1CC1. The molecule has 0 spiro atoms. The molecule has 0 bridgehead atoms. The van der Waals surface area contributed by atoms with Crippen molar-refractivity contribution in [3.05, 3.63) is 0 Å². The van der Waals surface area contributed by atoms with Crippen LogP contribution in [0.5, 0.6) is 0 Å². The smallest absolute Gasteiger partial charge is 0.317 e. The number of nitrogens with zero attached hydrogens (tertiary/aromatic N) is 1. The predicted octanol–water partition coefficient (Wildman–Crippen LogP) is 1.20. The summed E-state index contributed by atoms with van der Waals surface area (Å²) in [5.41, 5.74) is 0. The molecule has 1 fully saturated rings. The molecule has 4 heteroatoms. The minimum absolute atomic E-state index is 0.0211. The predicted molar refractivity (Wildman–Crippen MR) is 59.7 cm³/mol. The lowest BCUT2D eigenvalue weighted by atomic mass is 10.1. The molecule has 2 amide bonds. The molecule has 0 aromatic rings. The molecule has 0 atom stereocenters. The van der Waals surface area contributed by atoms with Gasteiger partial charge in [-0.15, -0.1) is 0 Å². The summed E-state index contributed by atoms with van der Waals surface area (Å²) >= 11 is 0. The van der Waals surface area contributed by atoms with Crippen LogP contribution in [-0.2, 0) is 0 Å². The van der Waals surface area contributed by atoms with Gasteiger partial charge in [0.15, 0.2) is 0 Å². The molecule has 1 aliphatic carbocycles. The topological polar surface area (TPSA) is 52.6 Å². The lowest BCUT2D eigenvalue weighted by Crippen LogP contribution is -2.43. The number of hydrogen-bond donors (Lipinski definition) is 2. The summed E-state index contributed by atoms with van der Waals surface area (Å²) in [4.78, 5) is 13.5. The van der Waals surface area contributed by atoms with Crippen molar-refractivity contribution in [3.8, 4) is 0 Å². The number of nitrogens with one attached hydrogen (secondary N) is 1. The molecular formula is C11H22N2O2. The van der Waals surface area contributed by atoms with E-state index in [1.165, 1.54) is 0 Å². The van der Waals surface area contributed by atoms with Crippen molar-refractivity contribution in [2.45, 2.75) is 39.2 Å². The molecule has 4 nitrogen and oxygen atoms in total. The molecular weight excluding hydrogens is 192 g/mol. The zero-order valence-electron chi connectivity index (χ0n) is 9.70. The number of carbonyl (C=O) groups excluding carboxylic acids is 1. The van der Waals surface area contributed by atoms with Gasteiger partial charge in [-0.25, -0.2) is 4.79 Å². The fourth-order valence-corrected chi connectivity index (χ4v) is 1.51. The van der Waals surface area contributed by atoms with E-state index in [0.29, 0.717) is 18.5 Å². The Morgan fingerprint density at radius 1 is 1.53 bits per heavy atom. The van der Waals surface area contributed by atoms with Crippen molar-refractivity contribution in [3.63, 3.8) is 0 Å². The Hall–Kier alpha value is -0.770. The first-order valence-electron chi connectivity index (χ1n) is 5.80. The normalized spacial score (nSPS) is 15.5. The van der Waals surface area contributed by atoms with Crippen LogP contribution in [0.3, 0.4) is 0 Å². The molecule has 0 aromatic heterocycles. The van der Waals surface area contributed by atoms with Gasteiger partial charge in [-0.2, -0.15) is 0 Å². The third kappa shape index (κ3) is 4.51. The van der Waals surface area contributed by atoms with Crippen molar-refractivity contribution in [2.75, 3.05) is 19.7 Å². The molecule has 0 radical (unpaired) electrons. The van der Waals surface area contributed by atoms with Gasteiger partial charge in [0.2, 0.25) is 0 Å². The van der Waals surface area contributed by atoms with Crippen LogP contribution in [0.1, 0.15) is 33.1 Å². The fraction of sp³-hybridized carbons (Fsp3) is 0.909. The molecule has 1 rings (SSSR count). The van der Waals surface area contributed by atoms with E-state index in [0.717, 1.165) is 25.8 Å². The zero-order chi connectivity index (χ0) is 11.3. The minimum atomic E-state index is -0.0211. The summed E-state index contributed by atoms with van der Waals surface area (Å²) in [6, 6.07) is 0.350. The van der Waals surface area contributed by atoms with Gasteiger partial charge in [0.05, 0.1) is 6.61 Å². The molecule has 0 aliphatic heterocycles. The largest absolute Gasteiger partial charge is 0.395 e. The Morgan fingerprint density at radius 3 is 2.67 bits per heavy atom. The Labute approximate surface area is 91.6 Å². The van der Waals surface area contributed by atoms with Crippen molar-refractivity contribution < 1.29 is 9.90 Å². The second-order valence-electron chi connectivity index (χ2n) is 4.56. The Kier molecular flexibility index (Phi) is 4.88. The number of aliphatic hydroxyl groups excluding tert-OH is 1. The number of aliphatic hydroxyl groups is 1. The maximum Gasteiger partial charge on any atom is 0.317 e. The number of carbonyl (C=O) groups is 1. The monoisotopic (exact) mass is 214 g/mol. The highest BCUT2D eigenvalue weighted by Gasteiger charge is 2.31. The molecule has 0 unspecified atom stereocenters. The van der Waals surface area contributed by atoms with Crippen LogP contribution < -0.4 is 5.32 Å². The second kappa shape index (κ2) is 5.95. The van der Waals surface area contributed by atoms with Crippen molar-refractivity contribution in [1.82, 2.24) is 10.2 Å². The van der Waals surface area contributed by atoms with E-state index in [-0.39, 0.29) is 12.6 Å². The summed E-state index contributed by atoms with van der Waals surface area (Å²) in [6.45, 7) is 5.51. The van der Waals surface area contributed by atoms with Gasteiger partial charge in [-0.3, -0.25) is 0 Å². The van der Waals surface area contributed by atoms with Crippen LogP contribution in [-0.4, -0.2) is 41.8 Å². The quantitative estimate of drug-likeness (QED) is 0.698. The lowest BCUT2D eigenvalue weighted by molar-refractivity contribution is 0.173. The maximum absolute atomic E-state index is 11.7. The molecule has 0 aromatic carbocycles. The van der Waals surface area contributed by atoms with E-state index in [1.807, 2.05) is 0 Å². The molecule has 0 heterocycles. The number of hydrogen-bond acceptors (Lipinski definition) is 2. The van der Waals surface area contributed by atoms with Crippen LogP contribution in [0.4, 0.5) is 4.79 Å². The van der Waals surface area contributed by atoms with Crippen LogP contribution in [0.15, 0.2) is 0 Å². The van der Waals surface area contributed by atoms with Crippen LogP contribution in [0.25, 0.3) is 0 Å². The zero-order valence-corrected chi connectivity index (χ0v) is 9.70. The van der Waals surface area contributed by atoms with Crippen LogP contribution in [0.2, 0.25) is 0 Å². The van der Waals surface area contributed by atoms with Gasteiger partial charge in [0.1, 0.15) is 0 Å². The Bertz CT molecular complexity index is 203. The van der Waals surface area contributed by atoms with Crippen LogP contribution in [0, 0.1) is 5.92 Å². The number of urea groups is 1. The average molecular weight is 214 g/mol. The van der Waals surface area contributed by atoms with E-state index in [4.69, 9.17) is 5.11 Å². The van der Waals surface area contributed by atoms with Crippen LogP contribution >= 0.6 is 0 Å². The molecule has 0 saturated heterocycles. The second-order valence-corrected chi connectivity index (χ2v) is 4.56. The van der Waals surface area contributed by atoms with Gasteiger partial charge >= 0.3 is 6.03 Å². The summed E-state index contributed by atoms with van der Waals surface area (Å²) in [6.07, 6.45) is 3.17. The first-order chi connectivity index (χ1) is 7.15. The summed E-state index contributed by atoms with van der Waals surface area (Å²) in [5.74, 6) is 0.609. The van der Waals surface area contributed by atoms with Crippen molar-refractivity contribution >= 4 is 6.03 Å².